The van der Waals surface area contributed by atoms with E-state index in [-0.39, 0.29) is 24.4 Å². The normalized spacial score (nSPS) is 14.8. The monoisotopic (exact) mass is 386 g/mol. The van der Waals surface area contributed by atoms with Crippen LogP contribution < -0.4 is 10.6 Å². The van der Waals surface area contributed by atoms with E-state index in [2.05, 4.69) is 10.6 Å². The lowest BCUT2D eigenvalue weighted by Crippen LogP contribution is -2.36. The van der Waals surface area contributed by atoms with Gasteiger partial charge in [0.05, 0.1) is 12.2 Å². The molecule has 1 heterocycles. The SMILES string of the molecule is CCOC(=O)c1sc(NC(=O)CCl)c(C(=O)NC2CCCCC2)c1C. The molecule has 1 saturated carbocycles. The third-order valence-corrected chi connectivity index (χ3v) is 5.58. The lowest BCUT2D eigenvalue weighted by molar-refractivity contribution is -0.113. The van der Waals surface area contributed by atoms with Crippen LogP contribution in [-0.2, 0) is 9.53 Å². The van der Waals surface area contributed by atoms with Gasteiger partial charge in [-0.15, -0.1) is 22.9 Å². The number of ether oxygens (including phenoxy) is 1. The van der Waals surface area contributed by atoms with Gasteiger partial charge in [-0.2, -0.15) is 0 Å². The van der Waals surface area contributed by atoms with Crippen molar-refractivity contribution in [3.63, 3.8) is 0 Å². The summed E-state index contributed by atoms with van der Waals surface area (Å²) in [6.07, 6.45) is 5.27. The Morgan fingerprint density at radius 3 is 2.52 bits per heavy atom. The molecule has 0 radical (unpaired) electrons. The summed E-state index contributed by atoms with van der Waals surface area (Å²) in [5.41, 5.74) is 0.832. The zero-order chi connectivity index (χ0) is 18.4. The smallest absolute Gasteiger partial charge is 0.348 e. The van der Waals surface area contributed by atoms with Crippen LogP contribution in [0.5, 0.6) is 0 Å². The van der Waals surface area contributed by atoms with Crippen LogP contribution in [0.4, 0.5) is 5.00 Å². The number of carbonyl (C=O) groups excluding carboxylic acids is 3. The second-order valence-corrected chi connectivity index (χ2v) is 7.26. The second-order valence-electron chi connectivity index (χ2n) is 5.97. The quantitative estimate of drug-likeness (QED) is 0.579. The van der Waals surface area contributed by atoms with Gasteiger partial charge in [-0.1, -0.05) is 19.3 Å². The number of hydrogen-bond donors (Lipinski definition) is 2. The molecule has 0 aromatic carbocycles. The van der Waals surface area contributed by atoms with Crippen LogP contribution in [0, 0.1) is 6.92 Å². The minimum atomic E-state index is -0.497. The molecule has 1 aromatic heterocycles. The fourth-order valence-electron chi connectivity index (χ4n) is 2.93. The van der Waals surface area contributed by atoms with Crippen LogP contribution in [0.2, 0.25) is 0 Å². The molecular formula is C17H23ClN2O4S. The van der Waals surface area contributed by atoms with Gasteiger partial charge in [-0.3, -0.25) is 9.59 Å². The van der Waals surface area contributed by atoms with E-state index < -0.39 is 11.9 Å². The fraction of sp³-hybridized carbons (Fsp3) is 0.588. The Bertz CT molecular complexity index is 653. The summed E-state index contributed by atoms with van der Waals surface area (Å²) >= 11 is 6.59. The van der Waals surface area contributed by atoms with Crippen molar-refractivity contribution in [1.82, 2.24) is 5.32 Å². The molecule has 0 bridgehead atoms. The third kappa shape index (κ3) is 4.95. The summed E-state index contributed by atoms with van der Waals surface area (Å²) in [6.45, 7) is 3.64. The number of alkyl halides is 1. The molecular weight excluding hydrogens is 364 g/mol. The second kappa shape index (κ2) is 9.20. The predicted octanol–water partition coefficient (Wildman–Crippen LogP) is 3.47. The average molecular weight is 387 g/mol. The van der Waals surface area contributed by atoms with Crippen LogP contribution in [-0.4, -0.2) is 36.3 Å². The molecule has 1 aromatic rings. The van der Waals surface area contributed by atoms with Gasteiger partial charge in [0.2, 0.25) is 5.91 Å². The Hall–Kier alpha value is -1.60. The maximum atomic E-state index is 12.8. The van der Waals surface area contributed by atoms with Crippen molar-refractivity contribution in [2.45, 2.75) is 52.0 Å². The van der Waals surface area contributed by atoms with Crippen molar-refractivity contribution >= 4 is 45.7 Å². The molecule has 8 heteroatoms. The first-order chi connectivity index (χ1) is 12.0. The van der Waals surface area contributed by atoms with Gasteiger partial charge in [-0.05, 0) is 32.3 Å². The Kier molecular flexibility index (Phi) is 7.25. The number of hydrogen-bond acceptors (Lipinski definition) is 5. The Labute approximate surface area is 156 Å². The van der Waals surface area contributed by atoms with E-state index in [1.807, 2.05) is 0 Å². The van der Waals surface area contributed by atoms with Gasteiger partial charge < -0.3 is 15.4 Å². The zero-order valence-electron chi connectivity index (χ0n) is 14.4. The summed E-state index contributed by atoms with van der Waals surface area (Å²) < 4.78 is 5.04. The maximum Gasteiger partial charge on any atom is 0.348 e. The van der Waals surface area contributed by atoms with Gasteiger partial charge >= 0.3 is 5.97 Å². The van der Waals surface area contributed by atoms with E-state index in [9.17, 15) is 14.4 Å². The maximum absolute atomic E-state index is 12.8. The van der Waals surface area contributed by atoms with Crippen molar-refractivity contribution in [2.24, 2.45) is 0 Å². The Morgan fingerprint density at radius 2 is 1.92 bits per heavy atom. The number of halogens is 1. The molecule has 0 spiro atoms. The highest BCUT2D eigenvalue weighted by Gasteiger charge is 2.27. The first-order valence-electron chi connectivity index (χ1n) is 8.45. The standard InChI is InChI=1S/C17H23ClN2O4S/c1-3-24-17(23)14-10(2)13(16(25-14)20-12(21)9-18)15(22)19-11-7-5-4-6-8-11/h11H,3-9H2,1-2H3,(H,19,22)(H,20,21). The molecule has 25 heavy (non-hydrogen) atoms. The van der Waals surface area contributed by atoms with Gasteiger partial charge in [0.25, 0.3) is 5.91 Å². The van der Waals surface area contributed by atoms with E-state index in [1.165, 1.54) is 6.42 Å². The molecule has 138 valence electrons. The van der Waals surface area contributed by atoms with E-state index in [4.69, 9.17) is 16.3 Å². The third-order valence-electron chi connectivity index (χ3n) is 4.15. The van der Waals surface area contributed by atoms with Crippen molar-refractivity contribution in [3.8, 4) is 0 Å². The zero-order valence-corrected chi connectivity index (χ0v) is 16.0. The van der Waals surface area contributed by atoms with E-state index in [0.717, 1.165) is 37.0 Å². The number of rotatable bonds is 6. The number of anilines is 1. The largest absolute Gasteiger partial charge is 0.462 e. The minimum Gasteiger partial charge on any atom is -0.462 e. The highest BCUT2D eigenvalue weighted by atomic mass is 35.5. The topological polar surface area (TPSA) is 84.5 Å². The van der Waals surface area contributed by atoms with Crippen LogP contribution in [0.25, 0.3) is 0 Å². The summed E-state index contributed by atoms with van der Waals surface area (Å²) in [4.78, 5) is 36.9. The highest BCUT2D eigenvalue weighted by Crippen LogP contribution is 2.34. The summed E-state index contributed by atoms with van der Waals surface area (Å²) in [7, 11) is 0. The number of esters is 1. The molecule has 0 aliphatic heterocycles. The summed E-state index contributed by atoms with van der Waals surface area (Å²) in [5.74, 6) is -1.43. The van der Waals surface area contributed by atoms with Crippen LogP contribution >= 0.6 is 22.9 Å². The molecule has 2 rings (SSSR count). The lowest BCUT2D eigenvalue weighted by Gasteiger charge is -2.23. The molecule has 6 nitrogen and oxygen atoms in total. The molecule has 0 saturated heterocycles. The minimum absolute atomic E-state index is 0.128. The van der Waals surface area contributed by atoms with E-state index >= 15 is 0 Å². The molecule has 0 unspecified atom stereocenters. The Balaban J connectivity index is 2.29. The van der Waals surface area contributed by atoms with Crippen molar-refractivity contribution < 1.29 is 19.1 Å². The molecule has 2 amide bonds. The van der Waals surface area contributed by atoms with Crippen LogP contribution in [0.1, 0.15) is 64.6 Å². The first-order valence-corrected chi connectivity index (χ1v) is 9.80. The number of nitrogens with one attached hydrogen (secondary N) is 2. The van der Waals surface area contributed by atoms with Crippen LogP contribution in [0.3, 0.4) is 0 Å². The van der Waals surface area contributed by atoms with Crippen molar-refractivity contribution in [2.75, 3.05) is 17.8 Å². The van der Waals surface area contributed by atoms with Crippen molar-refractivity contribution in [3.05, 3.63) is 16.0 Å². The number of thiophene rings is 1. The molecule has 2 N–H and O–H groups in total. The predicted molar refractivity (Wildman–Crippen MR) is 98.7 cm³/mol. The van der Waals surface area contributed by atoms with Gasteiger partial charge in [0, 0.05) is 6.04 Å². The summed E-state index contributed by atoms with van der Waals surface area (Å²) in [6, 6.07) is 0.128. The van der Waals surface area contributed by atoms with E-state index in [0.29, 0.717) is 21.0 Å². The van der Waals surface area contributed by atoms with Gasteiger partial charge in [0.15, 0.2) is 0 Å². The summed E-state index contributed by atoms with van der Waals surface area (Å²) in [5, 5.41) is 5.97. The molecule has 0 atom stereocenters. The van der Waals surface area contributed by atoms with Crippen molar-refractivity contribution in [1.29, 1.82) is 0 Å². The lowest BCUT2D eigenvalue weighted by atomic mass is 9.95. The van der Waals surface area contributed by atoms with Gasteiger partial charge in [0.1, 0.15) is 15.8 Å². The first kappa shape index (κ1) is 19.7. The molecule has 1 aliphatic carbocycles. The highest BCUT2D eigenvalue weighted by molar-refractivity contribution is 7.18. The number of carbonyl (C=O) groups is 3. The van der Waals surface area contributed by atoms with Crippen LogP contribution in [0.15, 0.2) is 0 Å². The van der Waals surface area contributed by atoms with E-state index in [1.54, 1.807) is 13.8 Å². The average Bonchev–Trinajstić information content (AvgIpc) is 2.92. The molecule has 1 aliphatic rings. The van der Waals surface area contributed by atoms with Gasteiger partial charge in [-0.25, -0.2) is 4.79 Å². The fourth-order valence-corrected chi connectivity index (χ4v) is 4.11. The Morgan fingerprint density at radius 1 is 1.24 bits per heavy atom. The number of amides is 2. The molecule has 1 fully saturated rings.